The van der Waals surface area contributed by atoms with Crippen molar-refractivity contribution in [3.05, 3.63) is 65.7 Å². The number of carboxylic acids is 1. The summed E-state index contributed by atoms with van der Waals surface area (Å²) in [6, 6.07) is 13.3. The minimum Gasteiger partial charge on any atom is -0.492 e. The molecule has 2 aromatic carbocycles. The Balaban J connectivity index is 2.21. The summed E-state index contributed by atoms with van der Waals surface area (Å²) in [4.78, 5) is 23.5. The van der Waals surface area contributed by atoms with E-state index in [9.17, 15) is 63.0 Å². The van der Waals surface area contributed by atoms with Gasteiger partial charge in [-0.3, -0.25) is 4.90 Å². The van der Waals surface area contributed by atoms with Crippen LogP contribution in [0.2, 0.25) is 0 Å². The summed E-state index contributed by atoms with van der Waals surface area (Å²) in [6.45, 7) is -3.54. The Labute approximate surface area is 254 Å². The molecule has 0 spiro atoms. The molecule has 1 N–H and O–H groups in total. The first-order valence-electron chi connectivity index (χ1n) is 13.3. The fraction of sp³-hybridized carbons (Fsp3) is 0.500. The summed E-state index contributed by atoms with van der Waals surface area (Å²) in [5.74, 6) is -30.1. The second kappa shape index (κ2) is 15.2. The molecular formula is C28H28F11NO6. The quantitative estimate of drug-likeness (QED) is 0.183. The lowest BCUT2D eigenvalue weighted by molar-refractivity contribution is -0.422. The van der Waals surface area contributed by atoms with Crippen molar-refractivity contribution in [2.75, 3.05) is 32.9 Å². The fourth-order valence-corrected chi connectivity index (χ4v) is 3.80. The molecule has 46 heavy (non-hydrogen) atoms. The first-order chi connectivity index (χ1) is 21.2. The van der Waals surface area contributed by atoms with Crippen molar-refractivity contribution in [1.82, 2.24) is 4.90 Å². The average molecular weight is 684 g/mol. The highest BCUT2D eigenvalue weighted by Gasteiger charge is 2.87. The lowest BCUT2D eigenvalue weighted by Gasteiger charge is -2.38. The predicted molar refractivity (Wildman–Crippen MR) is 138 cm³/mol. The van der Waals surface area contributed by atoms with Gasteiger partial charge in [0.25, 0.3) is 0 Å². The van der Waals surface area contributed by atoms with Crippen molar-refractivity contribution in [3.63, 3.8) is 0 Å². The van der Waals surface area contributed by atoms with Gasteiger partial charge in [-0.2, -0.15) is 48.3 Å². The summed E-state index contributed by atoms with van der Waals surface area (Å²) >= 11 is 0. The van der Waals surface area contributed by atoms with E-state index >= 15 is 0 Å². The van der Waals surface area contributed by atoms with Crippen LogP contribution in [0.3, 0.4) is 0 Å². The van der Waals surface area contributed by atoms with Crippen molar-refractivity contribution < 1.29 is 77.2 Å². The molecule has 0 saturated heterocycles. The zero-order valence-corrected chi connectivity index (χ0v) is 23.8. The maximum absolute atomic E-state index is 14.6. The summed E-state index contributed by atoms with van der Waals surface area (Å²) in [6.07, 6.45) is -10.4. The number of benzene rings is 2. The molecule has 0 radical (unpaired) electrons. The van der Waals surface area contributed by atoms with Gasteiger partial charge in [0.1, 0.15) is 12.4 Å². The molecule has 1 unspecified atom stereocenters. The minimum atomic E-state index is -7.63. The third kappa shape index (κ3) is 9.13. The van der Waals surface area contributed by atoms with E-state index in [4.69, 9.17) is 14.2 Å². The van der Waals surface area contributed by atoms with Crippen LogP contribution >= 0.6 is 0 Å². The topological polar surface area (TPSA) is 85.3 Å². The van der Waals surface area contributed by atoms with Crippen molar-refractivity contribution in [2.24, 2.45) is 0 Å². The minimum absolute atomic E-state index is 0.0297. The molecule has 258 valence electrons. The maximum atomic E-state index is 14.6. The molecule has 2 rings (SSSR count). The second-order valence-corrected chi connectivity index (χ2v) is 9.68. The number of nitrogens with zero attached hydrogens (tertiary/aromatic N) is 1. The van der Waals surface area contributed by atoms with Gasteiger partial charge < -0.3 is 19.3 Å². The van der Waals surface area contributed by atoms with Crippen LogP contribution in [0.15, 0.2) is 54.6 Å². The SMILES string of the molecule is CCOC(Cc1ccc(OCCN(CC(F)(F)C(F)(F)C(F)(F)C(F)(F)C(F)(F)F)C(=O)OCCc2ccccc2)cc1)C(=O)O. The van der Waals surface area contributed by atoms with Crippen molar-refractivity contribution in [1.29, 1.82) is 0 Å². The van der Waals surface area contributed by atoms with Gasteiger partial charge in [-0.25, -0.2) is 9.59 Å². The molecule has 0 saturated carbocycles. The van der Waals surface area contributed by atoms with Crippen molar-refractivity contribution >= 4 is 12.1 Å². The number of halogens is 11. The van der Waals surface area contributed by atoms with Gasteiger partial charge in [-0.05, 0) is 30.2 Å². The summed E-state index contributed by atoms with van der Waals surface area (Å²) < 4.78 is 164. The van der Waals surface area contributed by atoms with Crippen molar-refractivity contribution in [2.45, 2.75) is 55.7 Å². The van der Waals surface area contributed by atoms with E-state index in [0.29, 0.717) is 11.1 Å². The Morgan fingerprint density at radius 2 is 1.37 bits per heavy atom. The lowest BCUT2D eigenvalue weighted by atomic mass is 9.97. The van der Waals surface area contributed by atoms with Gasteiger partial charge in [-0.1, -0.05) is 42.5 Å². The van der Waals surface area contributed by atoms with Crippen molar-refractivity contribution in [3.8, 4) is 5.75 Å². The molecule has 2 aromatic rings. The van der Waals surface area contributed by atoms with Crippen LogP contribution in [-0.4, -0.2) is 90.9 Å². The molecule has 1 atom stereocenters. The van der Waals surface area contributed by atoms with Gasteiger partial charge in [0.15, 0.2) is 6.10 Å². The lowest BCUT2D eigenvalue weighted by Crippen LogP contribution is -2.68. The Morgan fingerprint density at radius 1 is 0.783 bits per heavy atom. The van der Waals surface area contributed by atoms with Crippen LogP contribution in [0.5, 0.6) is 5.75 Å². The van der Waals surface area contributed by atoms with Gasteiger partial charge in [0.2, 0.25) is 0 Å². The van der Waals surface area contributed by atoms with E-state index in [0.717, 1.165) is 0 Å². The first-order valence-corrected chi connectivity index (χ1v) is 13.3. The molecule has 0 aliphatic heterocycles. The number of aliphatic carboxylic acids is 1. The average Bonchev–Trinajstić information content (AvgIpc) is 2.96. The summed E-state index contributed by atoms with van der Waals surface area (Å²) in [5.41, 5.74) is 1.02. The van der Waals surface area contributed by atoms with Crippen LogP contribution in [0.1, 0.15) is 18.1 Å². The van der Waals surface area contributed by atoms with E-state index in [-0.39, 0.29) is 30.1 Å². The Bertz CT molecular complexity index is 1270. The Kier molecular flexibility index (Phi) is 12.7. The molecule has 0 fully saturated rings. The molecule has 0 aliphatic rings. The largest absolute Gasteiger partial charge is 0.492 e. The standard InChI is InChI=1S/C28H28F11NO6/c1-2-44-21(22(41)42)16-19-8-10-20(11-9-19)45-15-13-40(23(43)46-14-12-18-6-4-3-5-7-18)17-24(29,30)25(31,32)26(33,34)27(35,36)28(37,38)39/h3-11,21H,2,12-17H2,1H3,(H,41,42). The number of hydrogen-bond donors (Lipinski definition) is 1. The number of rotatable bonds is 17. The molecule has 1 amide bonds. The number of carboxylic acid groups (broad SMARTS) is 1. The highest BCUT2D eigenvalue weighted by molar-refractivity contribution is 5.72. The monoisotopic (exact) mass is 683 g/mol. The third-order valence-electron chi connectivity index (χ3n) is 6.33. The van der Waals surface area contributed by atoms with Gasteiger partial charge in [-0.15, -0.1) is 0 Å². The van der Waals surface area contributed by atoms with E-state index in [2.05, 4.69) is 0 Å². The molecule has 0 aliphatic carbocycles. The number of alkyl halides is 11. The van der Waals surface area contributed by atoms with Crippen LogP contribution in [0.25, 0.3) is 0 Å². The zero-order valence-electron chi connectivity index (χ0n) is 23.8. The van der Waals surface area contributed by atoms with E-state index in [1.54, 1.807) is 37.3 Å². The van der Waals surface area contributed by atoms with Gasteiger partial charge in [0.05, 0.1) is 19.7 Å². The number of ether oxygens (including phenoxy) is 3. The first kappa shape index (κ1) is 38.4. The van der Waals surface area contributed by atoms with Crippen LogP contribution in [-0.2, 0) is 27.1 Å². The van der Waals surface area contributed by atoms with Crippen LogP contribution in [0.4, 0.5) is 53.1 Å². The fourth-order valence-electron chi connectivity index (χ4n) is 3.80. The highest BCUT2D eigenvalue weighted by Crippen LogP contribution is 2.57. The maximum Gasteiger partial charge on any atom is 0.460 e. The summed E-state index contributed by atoms with van der Waals surface area (Å²) in [5, 5.41) is 9.17. The van der Waals surface area contributed by atoms with E-state index in [1.165, 1.54) is 24.3 Å². The van der Waals surface area contributed by atoms with E-state index < -0.39 is 74.3 Å². The molecular weight excluding hydrogens is 655 g/mol. The Morgan fingerprint density at radius 3 is 1.89 bits per heavy atom. The number of carbonyl (C=O) groups is 2. The molecule has 7 nitrogen and oxygen atoms in total. The number of carbonyl (C=O) groups excluding carboxylic acids is 1. The predicted octanol–water partition coefficient (Wildman–Crippen LogP) is 6.88. The van der Waals surface area contributed by atoms with Gasteiger partial charge >= 0.3 is 41.9 Å². The third-order valence-corrected chi connectivity index (χ3v) is 6.33. The number of hydrogen-bond acceptors (Lipinski definition) is 5. The van der Waals surface area contributed by atoms with E-state index in [1.807, 2.05) is 0 Å². The highest BCUT2D eigenvalue weighted by atomic mass is 19.4. The smallest absolute Gasteiger partial charge is 0.460 e. The van der Waals surface area contributed by atoms with Crippen LogP contribution in [0, 0.1) is 0 Å². The summed E-state index contributed by atoms with van der Waals surface area (Å²) in [7, 11) is 0. The zero-order chi connectivity index (χ0) is 35.0. The normalized spacial score (nSPS) is 13.7. The second-order valence-electron chi connectivity index (χ2n) is 9.68. The van der Waals surface area contributed by atoms with Gasteiger partial charge in [0, 0.05) is 19.4 Å². The molecule has 18 heteroatoms. The number of amides is 1. The molecule has 0 bridgehead atoms. The van der Waals surface area contributed by atoms with Crippen LogP contribution < -0.4 is 4.74 Å². The Hall–Kier alpha value is -3.83. The molecule has 0 aromatic heterocycles. The molecule has 0 heterocycles.